The highest BCUT2D eigenvalue weighted by molar-refractivity contribution is 4.84. The van der Waals surface area contributed by atoms with E-state index in [1.807, 2.05) is 0 Å². The van der Waals surface area contributed by atoms with Gasteiger partial charge in [0.15, 0.2) is 0 Å². The molecule has 1 fully saturated rings. The Kier molecular flexibility index (Phi) is 5.62. The molecule has 2 atom stereocenters. The van der Waals surface area contributed by atoms with Crippen LogP contribution in [0.4, 0.5) is 0 Å². The lowest BCUT2D eigenvalue weighted by Crippen LogP contribution is -2.49. The molecule has 0 saturated carbocycles. The quantitative estimate of drug-likeness (QED) is 0.752. The van der Waals surface area contributed by atoms with Crippen LogP contribution in [-0.4, -0.2) is 37.1 Å². The van der Waals surface area contributed by atoms with Gasteiger partial charge in [-0.3, -0.25) is 0 Å². The van der Waals surface area contributed by atoms with E-state index < -0.39 is 0 Å². The van der Waals surface area contributed by atoms with Crippen molar-refractivity contribution >= 4 is 0 Å². The molecule has 0 aromatic rings. The van der Waals surface area contributed by atoms with Crippen LogP contribution in [0, 0.1) is 11.8 Å². The Labute approximate surface area is 95.4 Å². The third-order valence-corrected chi connectivity index (χ3v) is 3.43. The maximum atomic E-state index is 3.63. The number of nitrogens with one attached hydrogen (secondary N) is 1. The fraction of sp³-hybridized carbons (Fsp3) is 1.00. The topological polar surface area (TPSA) is 15.3 Å². The predicted octanol–water partition coefficient (Wildman–Crippen LogP) is 2.35. The Balaban J connectivity index is 2.40. The second-order valence-electron chi connectivity index (χ2n) is 5.27. The van der Waals surface area contributed by atoms with Crippen molar-refractivity contribution in [3.63, 3.8) is 0 Å². The minimum Gasteiger partial charge on any atom is -0.314 e. The lowest BCUT2D eigenvalue weighted by Gasteiger charge is -2.39. The van der Waals surface area contributed by atoms with Crippen LogP contribution in [0.25, 0.3) is 0 Å². The van der Waals surface area contributed by atoms with E-state index in [1.54, 1.807) is 0 Å². The zero-order chi connectivity index (χ0) is 11.3. The van der Waals surface area contributed by atoms with E-state index in [4.69, 9.17) is 0 Å². The summed E-state index contributed by atoms with van der Waals surface area (Å²) in [6, 6.07) is 0.767. The van der Waals surface area contributed by atoms with Gasteiger partial charge >= 0.3 is 0 Å². The third-order valence-electron chi connectivity index (χ3n) is 3.43. The molecular weight excluding hydrogens is 184 g/mol. The van der Waals surface area contributed by atoms with Crippen molar-refractivity contribution in [3.05, 3.63) is 0 Å². The summed E-state index contributed by atoms with van der Waals surface area (Å²) in [5.74, 6) is 1.66. The van der Waals surface area contributed by atoms with E-state index in [1.165, 1.54) is 32.5 Å². The van der Waals surface area contributed by atoms with Crippen LogP contribution in [0.15, 0.2) is 0 Å². The second kappa shape index (κ2) is 6.49. The molecule has 2 nitrogen and oxygen atoms in total. The highest BCUT2D eigenvalue weighted by atomic mass is 15.1. The SMILES string of the molecule is CCNC1CCN(CC(C)C)CC1CC. The van der Waals surface area contributed by atoms with Gasteiger partial charge in [-0.05, 0) is 31.3 Å². The summed E-state index contributed by atoms with van der Waals surface area (Å²) >= 11 is 0. The lowest BCUT2D eigenvalue weighted by molar-refractivity contribution is 0.124. The Bertz CT molecular complexity index is 168. The largest absolute Gasteiger partial charge is 0.314 e. The molecule has 90 valence electrons. The van der Waals surface area contributed by atoms with E-state index in [-0.39, 0.29) is 0 Å². The monoisotopic (exact) mass is 212 g/mol. The van der Waals surface area contributed by atoms with Crippen LogP contribution in [-0.2, 0) is 0 Å². The zero-order valence-electron chi connectivity index (χ0n) is 10.9. The van der Waals surface area contributed by atoms with E-state index in [0.717, 1.165) is 24.4 Å². The van der Waals surface area contributed by atoms with Crippen molar-refractivity contribution in [1.82, 2.24) is 10.2 Å². The van der Waals surface area contributed by atoms with Gasteiger partial charge < -0.3 is 10.2 Å². The number of hydrogen-bond acceptors (Lipinski definition) is 2. The van der Waals surface area contributed by atoms with Crippen molar-refractivity contribution < 1.29 is 0 Å². The second-order valence-corrected chi connectivity index (χ2v) is 5.27. The summed E-state index contributed by atoms with van der Waals surface area (Å²) in [6.45, 7) is 14.1. The smallest absolute Gasteiger partial charge is 0.0119 e. The summed E-state index contributed by atoms with van der Waals surface area (Å²) in [4.78, 5) is 2.65. The molecule has 0 spiro atoms. The van der Waals surface area contributed by atoms with Crippen LogP contribution in [0.2, 0.25) is 0 Å². The van der Waals surface area contributed by atoms with Gasteiger partial charge in [-0.15, -0.1) is 0 Å². The summed E-state index contributed by atoms with van der Waals surface area (Å²) in [5, 5.41) is 3.63. The lowest BCUT2D eigenvalue weighted by atomic mass is 9.89. The van der Waals surface area contributed by atoms with Crippen molar-refractivity contribution in [2.24, 2.45) is 11.8 Å². The van der Waals surface area contributed by atoms with Gasteiger partial charge in [-0.25, -0.2) is 0 Å². The van der Waals surface area contributed by atoms with E-state index >= 15 is 0 Å². The van der Waals surface area contributed by atoms with Crippen LogP contribution in [0.3, 0.4) is 0 Å². The molecule has 1 heterocycles. The molecule has 0 amide bonds. The van der Waals surface area contributed by atoms with Crippen LogP contribution >= 0.6 is 0 Å². The summed E-state index contributed by atoms with van der Waals surface area (Å²) in [6.07, 6.45) is 2.64. The first-order valence-corrected chi connectivity index (χ1v) is 6.63. The van der Waals surface area contributed by atoms with Gasteiger partial charge in [-0.2, -0.15) is 0 Å². The van der Waals surface area contributed by atoms with E-state index in [0.29, 0.717) is 0 Å². The van der Waals surface area contributed by atoms with Crippen molar-refractivity contribution in [1.29, 1.82) is 0 Å². The van der Waals surface area contributed by atoms with Gasteiger partial charge in [0.1, 0.15) is 0 Å². The molecule has 15 heavy (non-hydrogen) atoms. The number of likely N-dealkylation sites (tertiary alicyclic amines) is 1. The Morgan fingerprint density at radius 2 is 2.07 bits per heavy atom. The first-order chi connectivity index (χ1) is 7.17. The summed E-state index contributed by atoms with van der Waals surface area (Å²) in [7, 11) is 0. The molecule has 1 aliphatic heterocycles. The molecule has 0 aromatic heterocycles. The molecule has 2 unspecified atom stereocenters. The molecule has 0 bridgehead atoms. The molecule has 0 aliphatic carbocycles. The Morgan fingerprint density at radius 1 is 1.33 bits per heavy atom. The minimum absolute atomic E-state index is 0.767. The summed E-state index contributed by atoms with van der Waals surface area (Å²) in [5.41, 5.74) is 0. The first-order valence-electron chi connectivity index (χ1n) is 6.63. The number of hydrogen-bond donors (Lipinski definition) is 1. The van der Waals surface area contributed by atoms with Crippen molar-refractivity contribution in [2.75, 3.05) is 26.2 Å². The third kappa shape index (κ3) is 4.12. The molecule has 1 aliphatic rings. The van der Waals surface area contributed by atoms with Crippen LogP contribution < -0.4 is 5.32 Å². The van der Waals surface area contributed by atoms with Crippen molar-refractivity contribution in [2.45, 2.75) is 46.6 Å². The van der Waals surface area contributed by atoms with Gasteiger partial charge in [0.05, 0.1) is 0 Å². The molecule has 0 radical (unpaired) electrons. The fourth-order valence-electron chi connectivity index (χ4n) is 2.73. The van der Waals surface area contributed by atoms with Crippen molar-refractivity contribution in [3.8, 4) is 0 Å². The number of rotatable bonds is 5. The molecular formula is C13H28N2. The first kappa shape index (κ1) is 13.0. The highest BCUT2D eigenvalue weighted by Crippen LogP contribution is 2.20. The maximum absolute atomic E-state index is 3.63. The normalized spacial score (nSPS) is 28.6. The molecule has 1 N–H and O–H groups in total. The van der Waals surface area contributed by atoms with Crippen LogP contribution in [0.5, 0.6) is 0 Å². The van der Waals surface area contributed by atoms with Gasteiger partial charge in [0, 0.05) is 19.1 Å². The average Bonchev–Trinajstić information content (AvgIpc) is 2.20. The number of piperidine rings is 1. The Hall–Kier alpha value is -0.0800. The highest BCUT2D eigenvalue weighted by Gasteiger charge is 2.27. The van der Waals surface area contributed by atoms with E-state index in [9.17, 15) is 0 Å². The molecule has 0 aromatic carbocycles. The maximum Gasteiger partial charge on any atom is 0.0119 e. The predicted molar refractivity (Wildman–Crippen MR) is 67.1 cm³/mol. The standard InChI is InChI=1S/C13H28N2/c1-5-12-10-15(9-11(3)4)8-7-13(12)14-6-2/h11-14H,5-10H2,1-4H3. The fourth-order valence-corrected chi connectivity index (χ4v) is 2.73. The molecule has 1 saturated heterocycles. The van der Waals surface area contributed by atoms with Gasteiger partial charge in [0.2, 0.25) is 0 Å². The molecule has 2 heteroatoms. The average molecular weight is 212 g/mol. The van der Waals surface area contributed by atoms with E-state index in [2.05, 4.69) is 37.9 Å². The summed E-state index contributed by atoms with van der Waals surface area (Å²) < 4.78 is 0. The zero-order valence-corrected chi connectivity index (χ0v) is 10.9. The van der Waals surface area contributed by atoms with Gasteiger partial charge in [0.25, 0.3) is 0 Å². The number of nitrogens with zero attached hydrogens (tertiary/aromatic N) is 1. The Morgan fingerprint density at radius 3 is 2.60 bits per heavy atom. The van der Waals surface area contributed by atoms with Gasteiger partial charge in [-0.1, -0.05) is 34.1 Å². The van der Waals surface area contributed by atoms with Crippen LogP contribution in [0.1, 0.15) is 40.5 Å². The molecule has 1 rings (SSSR count). The minimum atomic E-state index is 0.767.